The molecule has 8 heteroatoms. The van der Waals surface area contributed by atoms with Gasteiger partial charge in [0.15, 0.2) is 5.69 Å². The zero-order valence-electron chi connectivity index (χ0n) is 17.8. The summed E-state index contributed by atoms with van der Waals surface area (Å²) in [5.41, 5.74) is 8.26. The summed E-state index contributed by atoms with van der Waals surface area (Å²) >= 11 is 0. The zero-order chi connectivity index (χ0) is 22.1. The summed E-state index contributed by atoms with van der Waals surface area (Å²) < 4.78 is 12.3. The lowest BCUT2D eigenvalue weighted by Gasteiger charge is -2.20. The van der Waals surface area contributed by atoms with E-state index in [1.54, 1.807) is 44.6 Å². The van der Waals surface area contributed by atoms with Gasteiger partial charge in [-0.2, -0.15) is 0 Å². The van der Waals surface area contributed by atoms with E-state index in [2.05, 4.69) is 31.1 Å². The van der Waals surface area contributed by atoms with Crippen LogP contribution < -0.4 is 15.2 Å². The van der Waals surface area contributed by atoms with Crippen molar-refractivity contribution in [3.05, 3.63) is 58.9 Å². The summed E-state index contributed by atoms with van der Waals surface area (Å²) in [5, 5.41) is 18.4. The van der Waals surface area contributed by atoms with Crippen molar-refractivity contribution in [2.45, 2.75) is 32.6 Å². The molecule has 2 aromatic carbocycles. The van der Waals surface area contributed by atoms with Gasteiger partial charge in [-0.1, -0.05) is 32.1 Å². The van der Waals surface area contributed by atoms with Gasteiger partial charge in [-0.15, -0.1) is 5.10 Å². The maximum Gasteiger partial charge on any atom is 0.271 e. The SMILES string of the molecule is COc1ccc(OC)c(-n2nnc(C(N)=O)c2Cc2cc(O)cc(C(C)(C)C)c2)c1. The molecule has 0 aliphatic carbocycles. The van der Waals surface area contributed by atoms with Crippen LogP contribution in [0.15, 0.2) is 36.4 Å². The Balaban J connectivity index is 2.16. The predicted octanol–water partition coefficient (Wildman–Crippen LogP) is 2.98. The second kappa shape index (κ2) is 8.06. The molecule has 0 aliphatic heterocycles. The smallest absolute Gasteiger partial charge is 0.271 e. The van der Waals surface area contributed by atoms with Crippen molar-refractivity contribution in [2.24, 2.45) is 5.73 Å². The number of nitrogens with two attached hydrogens (primary N) is 1. The molecule has 0 unspecified atom stereocenters. The minimum absolute atomic E-state index is 0.0560. The number of phenolic OH excluding ortho intramolecular Hbond substituents is 1. The van der Waals surface area contributed by atoms with E-state index in [0.717, 1.165) is 11.1 Å². The highest BCUT2D eigenvalue weighted by atomic mass is 16.5. The van der Waals surface area contributed by atoms with E-state index < -0.39 is 5.91 Å². The van der Waals surface area contributed by atoms with E-state index in [0.29, 0.717) is 22.9 Å². The Morgan fingerprint density at radius 1 is 1.13 bits per heavy atom. The summed E-state index contributed by atoms with van der Waals surface area (Å²) in [6.07, 6.45) is 0.281. The van der Waals surface area contributed by atoms with Crippen LogP contribution in [0.4, 0.5) is 0 Å². The lowest BCUT2D eigenvalue weighted by molar-refractivity contribution is 0.0994. The van der Waals surface area contributed by atoms with E-state index in [1.165, 1.54) is 4.68 Å². The summed E-state index contributed by atoms with van der Waals surface area (Å²) in [5.74, 6) is 0.592. The van der Waals surface area contributed by atoms with Gasteiger partial charge in [-0.05, 0) is 40.8 Å². The van der Waals surface area contributed by atoms with Crippen molar-refractivity contribution in [3.63, 3.8) is 0 Å². The number of hydrogen-bond donors (Lipinski definition) is 2. The predicted molar refractivity (Wildman–Crippen MR) is 113 cm³/mol. The highest BCUT2D eigenvalue weighted by molar-refractivity contribution is 5.92. The number of amides is 1. The number of ether oxygens (including phenoxy) is 2. The number of benzene rings is 2. The lowest BCUT2D eigenvalue weighted by atomic mass is 9.85. The molecule has 0 spiro atoms. The lowest BCUT2D eigenvalue weighted by Crippen LogP contribution is -2.16. The fraction of sp³-hybridized carbons (Fsp3) is 0.318. The average Bonchev–Trinajstić information content (AvgIpc) is 3.09. The molecule has 0 radical (unpaired) electrons. The first-order valence-corrected chi connectivity index (χ1v) is 9.44. The standard InChI is InChI=1S/C22H26N4O4/c1-22(2,3)14-8-13(9-15(27)11-14)10-18-20(21(23)28)24-25-26(18)17-12-16(29-4)6-7-19(17)30-5/h6-9,11-12,27H,10H2,1-5H3,(H2,23,28). The number of phenols is 1. The van der Waals surface area contributed by atoms with Crippen LogP contribution in [-0.4, -0.2) is 40.2 Å². The highest BCUT2D eigenvalue weighted by Gasteiger charge is 2.23. The van der Waals surface area contributed by atoms with Crippen molar-refractivity contribution < 1.29 is 19.4 Å². The third-order valence-electron chi connectivity index (χ3n) is 4.83. The second-order valence-corrected chi connectivity index (χ2v) is 8.01. The van der Waals surface area contributed by atoms with Crippen molar-refractivity contribution in [1.82, 2.24) is 15.0 Å². The van der Waals surface area contributed by atoms with E-state index in [-0.39, 0.29) is 23.3 Å². The number of carbonyl (C=O) groups is 1. The molecule has 8 nitrogen and oxygen atoms in total. The van der Waals surface area contributed by atoms with Crippen LogP contribution in [0.1, 0.15) is 48.1 Å². The van der Waals surface area contributed by atoms with E-state index in [1.807, 2.05) is 6.07 Å². The Kier molecular flexibility index (Phi) is 5.69. The van der Waals surface area contributed by atoms with Gasteiger partial charge in [0.1, 0.15) is 22.9 Å². The highest BCUT2D eigenvalue weighted by Crippen LogP contribution is 2.31. The molecule has 3 aromatic rings. The molecule has 3 N–H and O–H groups in total. The van der Waals surface area contributed by atoms with Gasteiger partial charge < -0.3 is 20.3 Å². The maximum atomic E-state index is 12.0. The number of carbonyl (C=O) groups excluding carboxylic acids is 1. The largest absolute Gasteiger partial charge is 0.508 e. The number of methoxy groups -OCH3 is 2. The first-order valence-electron chi connectivity index (χ1n) is 9.44. The molecule has 1 amide bonds. The van der Waals surface area contributed by atoms with E-state index in [4.69, 9.17) is 15.2 Å². The summed E-state index contributed by atoms with van der Waals surface area (Å²) in [7, 11) is 3.10. The normalized spacial score (nSPS) is 11.4. The molecule has 0 atom stereocenters. The second-order valence-electron chi connectivity index (χ2n) is 8.01. The molecule has 0 bridgehead atoms. The van der Waals surface area contributed by atoms with Gasteiger partial charge in [0.25, 0.3) is 5.91 Å². The Labute approximate surface area is 175 Å². The van der Waals surface area contributed by atoms with Crippen LogP contribution in [0, 0.1) is 0 Å². The molecular formula is C22H26N4O4. The van der Waals surface area contributed by atoms with Crippen LogP contribution in [0.25, 0.3) is 5.69 Å². The first-order chi connectivity index (χ1) is 14.1. The van der Waals surface area contributed by atoms with Crippen molar-refractivity contribution in [3.8, 4) is 22.9 Å². The Morgan fingerprint density at radius 2 is 1.87 bits per heavy atom. The van der Waals surface area contributed by atoms with Crippen LogP contribution >= 0.6 is 0 Å². The van der Waals surface area contributed by atoms with Crippen LogP contribution in [0.3, 0.4) is 0 Å². The zero-order valence-corrected chi connectivity index (χ0v) is 17.8. The Morgan fingerprint density at radius 3 is 2.47 bits per heavy atom. The summed E-state index contributed by atoms with van der Waals surface area (Å²) in [6, 6.07) is 10.6. The van der Waals surface area contributed by atoms with Crippen molar-refractivity contribution in [2.75, 3.05) is 14.2 Å². The number of primary amides is 1. The fourth-order valence-electron chi connectivity index (χ4n) is 3.21. The van der Waals surface area contributed by atoms with Crippen molar-refractivity contribution in [1.29, 1.82) is 0 Å². The Bertz CT molecular complexity index is 1080. The van der Waals surface area contributed by atoms with E-state index in [9.17, 15) is 9.90 Å². The Hall–Kier alpha value is -3.55. The minimum atomic E-state index is -0.686. The number of nitrogens with zero attached hydrogens (tertiary/aromatic N) is 3. The number of aromatic nitrogens is 3. The first kappa shape index (κ1) is 21.2. The van der Waals surface area contributed by atoms with E-state index >= 15 is 0 Å². The molecule has 0 fully saturated rings. The molecule has 0 saturated carbocycles. The van der Waals surface area contributed by atoms with Gasteiger partial charge in [-0.25, -0.2) is 4.68 Å². The molecule has 0 aliphatic rings. The third-order valence-corrected chi connectivity index (χ3v) is 4.83. The monoisotopic (exact) mass is 410 g/mol. The van der Waals surface area contributed by atoms with Gasteiger partial charge in [0.2, 0.25) is 0 Å². The number of rotatable bonds is 6. The molecule has 158 valence electrons. The molecule has 1 aromatic heterocycles. The topological polar surface area (TPSA) is 112 Å². The summed E-state index contributed by atoms with van der Waals surface area (Å²) in [6.45, 7) is 6.19. The summed E-state index contributed by atoms with van der Waals surface area (Å²) in [4.78, 5) is 12.0. The van der Waals surface area contributed by atoms with Crippen LogP contribution in [-0.2, 0) is 11.8 Å². The molecule has 30 heavy (non-hydrogen) atoms. The van der Waals surface area contributed by atoms with Crippen molar-refractivity contribution >= 4 is 5.91 Å². The molecular weight excluding hydrogens is 384 g/mol. The maximum absolute atomic E-state index is 12.0. The van der Waals surface area contributed by atoms with Gasteiger partial charge in [0.05, 0.1) is 19.9 Å². The minimum Gasteiger partial charge on any atom is -0.508 e. The molecule has 1 heterocycles. The molecule has 0 saturated heterocycles. The third kappa shape index (κ3) is 4.22. The van der Waals surface area contributed by atoms with Crippen LogP contribution in [0.5, 0.6) is 17.2 Å². The molecule has 3 rings (SSSR count). The fourth-order valence-corrected chi connectivity index (χ4v) is 3.21. The van der Waals surface area contributed by atoms with Crippen LogP contribution in [0.2, 0.25) is 0 Å². The van der Waals surface area contributed by atoms with Gasteiger partial charge >= 0.3 is 0 Å². The van der Waals surface area contributed by atoms with Gasteiger partial charge in [-0.3, -0.25) is 4.79 Å². The number of hydrogen-bond acceptors (Lipinski definition) is 6. The number of aromatic hydroxyl groups is 1. The average molecular weight is 410 g/mol. The quantitative estimate of drug-likeness (QED) is 0.646. The van der Waals surface area contributed by atoms with Gasteiger partial charge in [0, 0.05) is 12.5 Å².